The van der Waals surface area contributed by atoms with Crippen LogP contribution in [0.1, 0.15) is 58.7 Å². The number of aliphatic hydroxyl groups is 1. The van der Waals surface area contributed by atoms with Crippen LogP contribution in [-0.4, -0.2) is 41.5 Å². The minimum absolute atomic E-state index is 0.0995. The van der Waals surface area contributed by atoms with Crippen LogP contribution in [0.25, 0.3) is 5.76 Å². The summed E-state index contributed by atoms with van der Waals surface area (Å²) in [4.78, 5) is 44.7. The number of nitrogens with zero attached hydrogens (tertiary/aromatic N) is 2. The number of carbonyl (C=O) groups excluding carboxylic acids is 3. The van der Waals surface area contributed by atoms with Crippen molar-refractivity contribution in [1.82, 2.24) is 4.98 Å². The topological polar surface area (TPSA) is 106 Å². The second kappa shape index (κ2) is 11.6. The Balaban J connectivity index is 1.85. The molecule has 1 fully saturated rings. The third-order valence-electron chi connectivity index (χ3n) is 6.11. The fourth-order valence-corrected chi connectivity index (χ4v) is 5.20. The molecule has 1 N–H and O–H groups in total. The van der Waals surface area contributed by atoms with E-state index in [0.29, 0.717) is 23.6 Å². The van der Waals surface area contributed by atoms with Gasteiger partial charge in [-0.25, -0.2) is 14.2 Å². The van der Waals surface area contributed by atoms with Crippen LogP contribution in [0.2, 0.25) is 0 Å². The number of anilines is 1. The number of esters is 1. The number of unbranched alkanes of at least 4 members (excludes halogenated alkanes) is 2. The highest BCUT2D eigenvalue weighted by Crippen LogP contribution is 2.44. The first-order valence-electron chi connectivity index (χ1n) is 12.1. The van der Waals surface area contributed by atoms with Gasteiger partial charge in [-0.05, 0) is 55.3 Å². The number of methoxy groups -OCH3 is 1. The molecule has 1 aliphatic heterocycles. The van der Waals surface area contributed by atoms with Crippen LogP contribution in [0.15, 0.2) is 54.1 Å². The van der Waals surface area contributed by atoms with E-state index in [1.165, 1.54) is 19.2 Å². The molecule has 10 heteroatoms. The molecule has 1 amide bonds. The Morgan fingerprint density at radius 2 is 1.89 bits per heavy atom. The van der Waals surface area contributed by atoms with Crippen molar-refractivity contribution in [2.24, 2.45) is 0 Å². The largest absolute Gasteiger partial charge is 0.507 e. The second-order valence-electron chi connectivity index (χ2n) is 8.71. The summed E-state index contributed by atoms with van der Waals surface area (Å²) in [5, 5.41) is 11.3. The highest BCUT2D eigenvalue weighted by molar-refractivity contribution is 7.17. The Hall–Kier alpha value is -4.05. The zero-order valence-corrected chi connectivity index (χ0v) is 22.0. The van der Waals surface area contributed by atoms with Gasteiger partial charge in [-0.2, -0.15) is 0 Å². The summed E-state index contributed by atoms with van der Waals surface area (Å²) in [7, 11) is 1.24. The van der Waals surface area contributed by atoms with Crippen molar-refractivity contribution in [3.05, 3.63) is 81.6 Å². The summed E-state index contributed by atoms with van der Waals surface area (Å²) in [6, 6.07) is 10.8. The average molecular weight is 539 g/mol. The predicted octanol–water partition coefficient (Wildman–Crippen LogP) is 5.57. The number of amides is 1. The first-order valence-corrected chi connectivity index (χ1v) is 12.9. The Labute approximate surface area is 223 Å². The minimum atomic E-state index is -1.07. The third-order valence-corrected chi connectivity index (χ3v) is 7.25. The molecule has 1 unspecified atom stereocenters. The lowest BCUT2D eigenvalue weighted by Crippen LogP contribution is -2.29. The number of hydrogen-bond acceptors (Lipinski definition) is 8. The Morgan fingerprint density at radius 1 is 1.16 bits per heavy atom. The van der Waals surface area contributed by atoms with Crippen molar-refractivity contribution in [3.63, 3.8) is 0 Å². The fraction of sp³-hybridized carbons (Fsp3) is 0.286. The van der Waals surface area contributed by atoms with Gasteiger partial charge in [-0.15, -0.1) is 0 Å². The number of halogens is 1. The molecule has 0 spiro atoms. The number of hydrogen-bond donors (Lipinski definition) is 1. The third kappa shape index (κ3) is 5.31. The summed E-state index contributed by atoms with van der Waals surface area (Å²) in [5.41, 5.74) is 0.821. The Kier molecular flexibility index (Phi) is 8.21. The number of ether oxygens (including phenoxy) is 2. The normalized spacial score (nSPS) is 16.6. The van der Waals surface area contributed by atoms with Gasteiger partial charge in [0.2, 0.25) is 0 Å². The molecule has 3 aromatic rings. The van der Waals surface area contributed by atoms with Crippen molar-refractivity contribution in [2.75, 3.05) is 18.6 Å². The zero-order chi connectivity index (χ0) is 27.4. The number of rotatable bonds is 9. The first-order chi connectivity index (χ1) is 18.3. The maximum absolute atomic E-state index is 13.5. The van der Waals surface area contributed by atoms with Crippen LogP contribution in [0.5, 0.6) is 5.75 Å². The minimum Gasteiger partial charge on any atom is -0.507 e. The van der Waals surface area contributed by atoms with E-state index in [9.17, 15) is 23.9 Å². The van der Waals surface area contributed by atoms with E-state index < -0.39 is 35.3 Å². The molecule has 2 heterocycles. The molecule has 1 aliphatic rings. The van der Waals surface area contributed by atoms with E-state index in [-0.39, 0.29) is 21.1 Å². The lowest BCUT2D eigenvalue weighted by molar-refractivity contribution is -0.132. The molecular weight excluding hydrogens is 511 g/mol. The highest BCUT2D eigenvalue weighted by Gasteiger charge is 2.48. The molecule has 4 rings (SSSR count). The molecule has 38 heavy (non-hydrogen) atoms. The van der Waals surface area contributed by atoms with E-state index in [1.54, 1.807) is 31.2 Å². The van der Waals surface area contributed by atoms with Gasteiger partial charge in [-0.1, -0.05) is 43.2 Å². The molecule has 0 saturated carbocycles. The Morgan fingerprint density at radius 3 is 2.58 bits per heavy atom. The van der Waals surface area contributed by atoms with Gasteiger partial charge in [0.1, 0.15) is 22.2 Å². The first kappa shape index (κ1) is 27.0. The molecular formula is C28H27FN2O6S. The van der Waals surface area contributed by atoms with Crippen molar-refractivity contribution in [3.8, 4) is 5.75 Å². The summed E-state index contributed by atoms with van der Waals surface area (Å²) in [5.74, 6) is -2.90. The van der Waals surface area contributed by atoms with E-state index in [1.807, 2.05) is 0 Å². The molecule has 1 aromatic heterocycles. The van der Waals surface area contributed by atoms with Crippen LogP contribution in [0.3, 0.4) is 0 Å². The number of aromatic nitrogens is 1. The Bertz CT molecular complexity index is 1400. The van der Waals surface area contributed by atoms with Gasteiger partial charge in [0.15, 0.2) is 5.13 Å². The second-order valence-corrected chi connectivity index (χ2v) is 9.68. The number of carbonyl (C=O) groups is 3. The SMILES string of the molecule is CCCCCOc1cccc(C2C(=C(O)c3ccc(F)cc3)C(=O)C(=O)N2c2nc(C)c(C(=O)OC)s2)c1. The smallest absolute Gasteiger partial charge is 0.350 e. The van der Waals surface area contributed by atoms with Gasteiger partial charge in [-0.3, -0.25) is 14.5 Å². The van der Waals surface area contributed by atoms with Gasteiger partial charge in [0, 0.05) is 5.56 Å². The van der Waals surface area contributed by atoms with Gasteiger partial charge >= 0.3 is 11.9 Å². The predicted molar refractivity (Wildman–Crippen MR) is 141 cm³/mol. The number of Topliss-reactive ketones (excluding diaryl/α,β-unsaturated/α-hetero) is 1. The van der Waals surface area contributed by atoms with Gasteiger partial charge in [0.25, 0.3) is 5.78 Å². The van der Waals surface area contributed by atoms with Crippen LogP contribution in [0.4, 0.5) is 9.52 Å². The molecule has 198 valence electrons. The molecule has 1 atom stereocenters. The van der Waals surface area contributed by atoms with E-state index in [0.717, 1.165) is 47.6 Å². The molecule has 2 aromatic carbocycles. The van der Waals surface area contributed by atoms with Crippen molar-refractivity contribution in [1.29, 1.82) is 0 Å². The molecule has 1 saturated heterocycles. The van der Waals surface area contributed by atoms with Gasteiger partial charge < -0.3 is 14.6 Å². The maximum Gasteiger partial charge on any atom is 0.350 e. The van der Waals surface area contributed by atoms with Crippen LogP contribution >= 0.6 is 11.3 Å². The van der Waals surface area contributed by atoms with Crippen molar-refractivity contribution in [2.45, 2.75) is 39.2 Å². The maximum atomic E-state index is 13.5. The zero-order valence-electron chi connectivity index (χ0n) is 21.2. The molecule has 0 aliphatic carbocycles. The summed E-state index contributed by atoms with van der Waals surface area (Å²) in [6.45, 7) is 4.19. The summed E-state index contributed by atoms with van der Waals surface area (Å²) < 4.78 is 24.2. The van der Waals surface area contributed by atoms with Crippen molar-refractivity contribution < 1.29 is 33.4 Å². The van der Waals surface area contributed by atoms with E-state index in [2.05, 4.69) is 11.9 Å². The number of ketones is 1. The fourth-order valence-electron chi connectivity index (χ4n) is 4.19. The lowest BCUT2D eigenvalue weighted by atomic mass is 9.95. The average Bonchev–Trinajstić information content (AvgIpc) is 3.43. The summed E-state index contributed by atoms with van der Waals surface area (Å²) >= 11 is 0.911. The standard InChI is InChI=1S/C28H27FN2O6S/c1-4-5-6-14-37-20-9-7-8-18(15-20)22-21(23(32)17-10-12-19(29)13-11-17)24(33)26(34)31(22)28-30-16(2)25(38-28)27(35)36-3/h7-13,15,22,32H,4-6,14H2,1-3H3. The monoisotopic (exact) mass is 538 g/mol. The molecule has 0 bridgehead atoms. The number of aryl methyl sites for hydroxylation is 1. The number of benzene rings is 2. The number of aliphatic hydroxyl groups excluding tert-OH is 1. The lowest BCUT2D eigenvalue weighted by Gasteiger charge is -2.23. The summed E-state index contributed by atoms with van der Waals surface area (Å²) in [6.07, 6.45) is 2.93. The van der Waals surface area contributed by atoms with Crippen LogP contribution < -0.4 is 9.64 Å². The van der Waals surface area contributed by atoms with Crippen LogP contribution in [0, 0.1) is 12.7 Å². The quantitative estimate of drug-likeness (QED) is 0.125. The van der Waals surface area contributed by atoms with E-state index in [4.69, 9.17) is 9.47 Å². The molecule has 0 radical (unpaired) electrons. The van der Waals surface area contributed by atoms with Crippen molar-refractivity contribution >= 4 is 39.9 Å². The molecule has 8 nitrogen and oxygen atoms in total. The number of thiazole rings is 1. The van der Waals surface area contributed by atoms with Gasteiger partial charge in [0.05, 0.1) is 31.0 Å². The van der Waals surface area contributed by atoms with E-state index >= 15 is 0 Å². The highest BCUT2D eigenvalue weighted by atomic mass is 32.1. The van der Waals surface area contributed by atoms with Crippen LogP contribution in [-0.2, 0) is 14.3 Å².